The summed E-state index contributed by atoms with van der Waals surface area (Å²) in [6.45, 7) is 2.63. The Kier molecular flexibility index (Phi) is 4.97. The van der Waals surface area contributed by atoms with Crippen molar-refractivity contribution in [2.45, 2.75) is 19.4 Å². The van der Waals surface area contributed by atoms with Gasteiger partial charge in [-0.1, -0.05) is 12.1 Å². The average molecular weight is 235 g/mol. The summed E-state index contributed by atoms with van der Waals surface area (Å²) in [5, 5.41) is 3.27. The van der Waals surface area contributed by atoms with Crippen LogP contribution in [0.3, 0.4) is 0 Å². The number of amides is 1. The molecule has 3 N–H and O–H groups in total. The molecule has 0 spiro atoms. The van der Waals surface area contributed by atoms with Gasteiger partial charge in [0.25, 0.3) is 0 Å². The Morgan fingerprint density at radius 3 is 2.41 bits per heavy atom. The van der Waals surface area contributed by atoms with Gasteiger partial charge >= 0.3 is 0 Å². The van der Waals surface area contributed by atoms with Gasteiger partial charge in [0.15, 0.2) is 0 Å². The van der Waals surface area contributed by atoms with E-state index in [1.165, 1.54) is 0 Å². The number of anilines is 1. The van der Waals surface area contributed by atoms with Gasteiger partial charge in [0.05, 0.1) is 6.42 Å². The second kappa shape index (κ2) is 6.25. The number of carbonyl (C=O) groups is 1. The van der Waals surface area contributed by atoms with Crippen molar-refractivity contribution < 1.29 is 4.79 Å². The summed E-state index contributed by atoms with van der Waals surface area (Å²) in [5.41, 5.74) is 7.59. The van der Waals surface area contributed by atoms with Crippen molar-refractivity contribution in [3.63, 3.8) is 0 Å². The third kappa shape index (κ3) is 4.44. The maximum atomic E-state index is 11.5. The van der Waals surface area contributed by atoms with Gasteiger partial charge in [-0.15, -0.1) is 0 Å². The molecule has 1 aromatic carbocycles. The van der Waals surface area contributed by atoms with E-state index in [1.807, 2.05) is 31.2 Å². The lowest BCUT2D eigenvalue weighted by molar-refractivity contribution is -0.127. The van der Waals surface area contributed by atoms with Crippen molar-refractivity contribution in [3.8, 4) is 0 Å². The van der Waals surface area contributed by atoms with E-state index in [9.17, 15) is 4.79 Å². The fraction of sp³-hybridized carbons (Fsp3) is 0.462. The summed E-state index contributed by atoms with van der Waals surface area (Å²) >= 11 is 0. The Morgan fingerprint density at radius 1 is 1.35 bits per heavy atom. The van der Waals surface area contributed by atoms with Gasteiger partial charge in [0.1, 0.15) is 0 Å². The molecule has 4 heteroatoms. The molecular weight excluding hydrogens is 214 g/mol. The lowest BCUT2D eigenvalue weighted by Crippen LogP contribution is -2.25. The predicted octanol–water partition coefficient (Wildman–Crippen LogP) is 1.08. The minimum absolute atomic E-state index is 0.112. The molecule has 4 nitrogen and oxygen atoms in total. The Balaban J connectivity index is 2.59. The molecule has 1 unspecified atom stereocenters. The number of hydrogen-bond donors (Lipinski definition) is 2. The van der Waals surface area contributed by atoms with Crippen molar-refractivity contribution in [2.75, 3.05) is 26.0 Å². The largest absolute Gasteiger partial charge is 0.381 e. The topological polar surface area (TPSA) is 58.4 Å². The zero-order chi connectivity index (χ0) is 12.8. The zero-order valence-corrected chi connectivity index (χ0v) is 10.7. The lowest BCUT2D eigenvalue weighted by Gasteiger charge is -2.14. The second-order valence-corrected chi connectivity index (χ2v) is 4.44. The molecule has 1 aromatic rings. The van der Waals surface area contributed by atoms with Crippen LogP contribution in [0.15, 0.2) is 24.3 Å². The Bertz CT molecular complexity index is 359. The second-order valence-electron chi connectivity index (χ2n) is 4.44. The van der Waals surface area contributed by atoms with Gasteiger partial charge < -0.3 is 16.0 Å². The minimum atomic E-state index is 0.112. The molecule has 0 saturated heterocycles. The number of benzene rings is 1. The van der Waals surface area contributed by atoms with Crippen LogP contribution < -0.4 is 11.1 Å². The molecule has 0 bridgehead atoms. The van der Waals surface area contributed by atoms with E-state index in [1.54, 1.807) is 19.0 Å². The highest BCUT2D eigenvalue weighted by Gasteiger charge is 2.05. The van der Waals surface area contributed by atoms with Gasteiger partial charge in [-0.3, -0.25) is 4.79 Å². The summed E-state index contributed by atoms with van der Waals surface area (Å²) in [5.74, 6) is 0.112. The summed E-state index contributed by atoms with van der Waals surface area (Å²) in [6, 6.07) is 8.14. The summed E-state index contributed by atoms with van der Waals surface area (Å²) < 4.78 is 0. The van der Waals surface area contributed by atoms with E-state index >= 15 is 0 Å². The summed E-state index contributed by atoms with van der Waals surface area (Å²) in [4.78, 5) is 13.1. The Hall–Kier alpha value is -1.55. The number of carbonyl (C=O) groups excluding carboxylic acids is 1. The first-order chi connectivity index (χ1) is 8.02. The van der Waals surface area contributed by atoms with Crippen LogP contribution in [0.2, 0.25) is 0 Å². The van der Waals surface area contributed by atoms with Crippen LogP contribution >= 0.6 is 0 Å². The molecule has 0 saturated carbocycles. The highest BCUT2D eigenvalue weighted by atomic mass is 16.2. The number of hydrogen-bond acceptors (Lipinski definition) is 3. The van der Waals surface area contributed by atoms with Crippen molar-refractivity contribution in [1.82, 2.24) is 4.90 Å². The van der Waals surface area contributed by atoms with Crippen LogP contribution in [0, 0.1) is 0 Å². The Morgan fingerprint density at radius 2 is 1.94 bits per heavy atom. The molecule has 94 valence electrons. The maximum Gasteiger partial charge on any atom is 0.226 e. The van der Waals surface area contributed by atoms with Gasteiger partial charge in [-0.2, -0.15) is 0 Å². The average Bonchev–Trinajstić information content (AvgIpc) is 2.31. The smallest absolute Gasteiger partial charge is 0.226 e. The van der Waals surface area contributed by atoms with Crippen LogP contribution in [0.5, 0.6) is 0 Å². The normalized spacial score (nSPS) is 12.0. The lowest BCUT2D eigenvalue weighted by atomic mass is 10.1. The van der Waals surface area contributed by atoms with Crippen LogP contribution in [0.4, 0.5) is 5.69 Å². The highest BCUT2D eigenvalue weighted by Crippen LogP contribution is 2.11. The fourth-order valence-electron chi connectivity index (χ4n) is 1.39. The monoisotopic (exact) mass is 235 g/mol. The quantitative estimate of drug-likeness (QED) is 0.803. The Labute approximate surface area is 103 Å². The van der Waals surface area contributed by atoms with E-state index in [0.29, 0.717) is 13.0 Å². The number of nitrogens with two attached hydrogens (primary N) is 1. The third-order valence-electron chi connectivity index (χ3n) is 2.57. The SMILES string of the molecule is CC(CN)Nc1ccc(CC(=O)N(C)C)cc1. The molecule has 0 aromatic heterocycles. The third-order valence-corrected chi connectivity index (χ3v) is 2.57. The minimum Gasteiger partial charge on any atom is -0.381 e. The zero-order valence-electron chi connectivity index (χ0n) is 10.7. The van der Waals surface area contributed by atoms with Gasteiger partial charge in [0.2, 0.25) is 5.91 Å². The van der Waals surface area contributed by atoms with Crippen molar-refractivity contribution in [3.05, 3.63) is 29.8 Å². The number of likely N-dealkylation sites (N-methyl/N-ethyl adjacent to an activating group) is 1. The summed E-state index contributed by atoms with van der Waals surface area (Å²) in [7, 11) is 3.53. The van der Waals surface area contributed by atoms with Crippen molar-refractivity contribution >= 4 is 11.6 Å². The van der Waals surface area contributed by atoms with Crippen LogP contribution in [-0.2, 0) is 11.2 Å². The van der Waals surface area contributed by atoms with E-state index < -0.39 is 0 Å². The fourth-order valence-corrected chi connectivity index (χ4v) is 1.39. The van der Waals surface area contributed by atoms with Gasteiger partial charge in [-0.05, 0) is 24.6 Å². The van der Waals surface area contributed by atoms with Crippen LogP contribution in [-0.4, -0.2) is 37.5 Å². The molecule has 0 fully saturated rings. The molecule has 1 rings (SSSR count). The summed E-state index contributed by atoms with van der Waals surface area (Å²) in [6.07, 6.45) is 0.444. The first-order valence-electron chi connectivity index (χ1n) is 5.78. The first-order valence-corrected chi connectivity index (χ1v) is 5.78. The molecule has 1 atom stereocenters. The molecule has 0 aliphatic carbocycles. The molecule has 0 radical (unpaired) electrons. The number of nitrogens with zero attached hydrogens (tertiary/aromatic N) is 1. The van der Waals surface area contributed by atoms with Crippen LogP contribution in [0.25, 0.3) is 0 Å². The maximum absolute atomic E-state index is 11.5. The standard InChI is InChI=1S/C13H21N3O/c1-10(9-14)15-12-6-4-11(5-7-12)8-13(17)16(2)3/h4-7,10,15H,8-9,14H2,1-3H3. The van der Waals surface area contributed by atoms with E-state index in [2.05, 4.69) is 5.32 Å². The molecule has 0 aliphatic rings. The molecule has 1 amide bonds. The van der Waals surface area contributed by atoms with Crippen molar-refractivity contribution in [1.29, 1.82) is 0 Å². The van der Waals surface area contributed by atoms with Gasteiger partial charge in [0, 0.05) is 32.4 Å². The van der Waals surface area contributed by atoms with E-state index in [-0.39, 0.29) is 11.9 Å². The first kappa shape index (κ1) is 13.5. The molecule has 0 heterocycles. The van der Waals surface area contributed by atoms with E-state index in [4.69, 9.17) is 5.73 Å². The van der Waals surface area contributed by atoms with Gasteiger partial charge in [-0.25, -0.2) is 0 Å². The predicted molar refractivity (Wildman–Crippen MR) is 71.0 cm³/mol. The molecular formula is C13H21N3O. The molecule has 0 aliphatic heterocycles. The molecule has 17 heavy (non-hydrogen) atoms. The van der Waals surface area contributed by atoms with E-state index in [0.717, 1.165) is 11.3 Å². The van der Waals surface area contributed by atoms with Crippen molar-refractivity contribution in [2.24, 2.45) is 5.73 Å². The number of rotatable bonds is 5. The highest BCUT2D eigenvalue weighted by molar-refractivity contribution is 5.78. The number of nitrogens with one attached hydrogen (secondary N) is 1. The van der Waals surface area contributed by atoms with Crippen LogP contribution in [0.1, 0.15) is 12.5 Å².